The highest BCUT2D eigenvalue weighted by atomic mass is 16.5. The second-order valence-corrected chi connectivity index (χ2v) is 6.13. The third-order valence-corrected chi connectivity index (χ3v) is 4.25. The third-order valence-electron chi connectivity index (χ3n) is 4.25. The molecule has 0 saturated heterocycles. The molecule has 1 amide bonds. The number of rotatable bonds is 5. The quantitative estimate of drug-likeness (QED) is 0.783. The summed E-state index contributed by atoms with van der Waals surface area (Å²) in [6, 6.07) is 11.4. The van der Waals surface area contributed by atoms with Crippen LogP contribution in [0, 0.1) is 0 Å². The van der Waals surface area contributed by atoms with E-state index >= 15 is 0 Å². The normalized spacial score (nSPS) is 15.2. The molecule has 0 bridgehead atoms. The van der Waals surface area contributed by atoms with Gasteiger partial charge in [0, 0.05) is 24.4 Å². The van der Waals surface area contributed by atoms with E-state index in [2.05, 4.69) is 15.6 Å². The Balaban J connectivity index is 1.43. The first-order valence-electron chi connectivity index (χ1n) is 8.08. The predicted molar refractivity (Wildman–Crippen MR) is 87.9 cm³/mol. The van der Waals surface area contributed by atoms with Crippen LogP contribution in [0.1, 0.15) is 53.5 Å². The van der Waals surface area contributed by atoms with Gasteiger partial charge in [-0.2, -0.15) is 5.10 Å². The third kappa shape index (κ3) is 2.95. The minimum Gasteiger partial charge on any atom is -0.360 e. The van der Waals surface area contributed by atoms with Gasteiger partial charge in [-0.3, -0.25) is 4.79 Å². The largest absolute Gasteiger partial charge is 0.360 e. The molecule has 0 unspecified atom stereocenters. The van der Waals surface area contributed by atoms with Crippen molar-refractivity contribution in [2.75, 3.05) is 0 Å². The zero-order chi connectivity index (χ0) is 16.5. The van der Waals surface area contributed by atoms with Gasteiger partial charge in [-0.05, 0) is 43.5 Å². The van der Waals surface area contributed by atoms with E-state index in [1.165, 1.54) is 0 Å². The van der Waals surface area contributed by atoms with E-state index in [1.54, 1.807) is 16.9 Å². The second-order valence-electron chi connectivity index (χ2n) is 6.13. The molecule has 0 radical (unpaired) electrons. The van der Waals surface area contributed by atoms with Crippen LogP contribution in [0.5, 0.6) is 0 Å². The average Bonchev–Trinajstić information content (AvgIpc) is 3.12. The maximum Gasteiger partial charge on any atom is 0.273 e. The molecular weight excluding hydrogens is 304 g/mol. The monoisotopic (exact) mass is 322 g/mol. The summed E-state index contributed by atoms with van der Waals surface area (Å²) in [4.78, 5) is 12.3. The number of amides is 1. The van der Waals surface area contributed by atoms with Crippen LogP contribution in [0.25, 0.3) is 5.69 Å². The van der Waals surface area contributed by atoms with Gasteiger partial charge in [0.2, 0.25) is 0 Å². The van der Waals surface area contributed by atoms with Crippen molar-refractivity contribution in [2.24, 2.45) is 0 Å². The molecule has 4 rings (SSSR count). The number of aromatic nitrogens is 3. The number of hydrogen-bond donors (Lipinski definition) is 1. The molecule has 122 valence electrons. The molecule has 0 aliphatic heterocycles. The van der Waals surface area contributed by atoms with Gasteiger partial charge >= 0.3 is 0 Å². The Bertz CT molecular complexity index is 832. The van der Waals surface area contributed by atoms with Crippen molar-refractivity contribution in [1.29, 1.82) is 0 Å². The van der Waals surface area contributed by atoms with Gasteiger partial charge in [0.25, 0.3) is 5.91 Å². The van der Waals surface area contributed by atoms with Gasteiger partial charge in [-0.25, -0.2) is 4.68 Å². The Morgan fingerprint density at radius 1 is 1.33 bits per heavy atom. The molecule has 6 heteroatoms. The Morgan fingerprint density at radius 3 is 2.79 bits per heavy atom. The first-order valence-corrected chi connectivity index (χ1v) is 8.08. The van der Waals surface area contributed by atoms with Gasteiger partial charge in [-0.15, -0.1) is 0 Å². The molecule has 1 aromatic carbocycles. The van der Waals surface area contributed by atoms with E-state index in [-0.39, 0.29) is 11.9 Å². The fraction of sp³-hybridized carbons (Fsp3) is 0.278. The SMILES string of the molecule is C[C@@H](NC(=O)c1cc(C2CC2)on1)c1ccc(-n2cccn2)cc1. The zero-order valence-electron chi connectivity index (χ0n) is 13.3. The molecule has 24 heavy (non-hydrogen) atoms. The summed E-state index contributed by atoms with van der Waals surface area (Å²) in [6.07, 6.45) is 5.87. The van der Waals surface area contributed by atoms with Crippen molar-refractivity contribution in [1.82, 2.24) is 20.3 Å². The highest BCUT2D eigenvalue weighted by Gasteiger charge is 2.29. The van der Waals surface area contributed by atoms with Gasteiger partial charge < -0.3 is 9.84 Å². The van der Waals surface area contributed by atoms with Crippen LogP contribution in [-0.2, 0) is 0 Å². The Hall–Kier alpha value is -2.89. The Labute approximate surface area is 139 Å². The van der Waals surface area contributed by atoms with Crippen molar-refractivity contribution < 1.29 is 9.32 Å². The lowest BCUT2D eigenvalue weighted by Crippen LogP contribution is -2.26. The average molecular weight is 322 g/mol. The summed E-state index contributed by atoms with van der Waals surface area (Å²) >= 11 is 0. The van der Waals surface area contributed by atoms with Gasteiger partial charge in [0.1, 0.15) is 5.76 Å². The summed E-state index contributed by atoms with van der Waals surface area (Å²) in [5.74, 6) is 1.05. The van der Waals surface area contributed by atoms with E-state index in [0.29, 0.717) is 11.6 Å². The predicted octanol–water partition coefficient (Wildman–Crippen LogP) is 3.23. The summed E-state index contributed by atoms with van der Waals surface area (Å²) in [5.41, 5.74) is 2.34. The van der Waals surface area contributed by atoms with E-state index in [1.807, 2.05) is 43.5 Å². The summed E-state index contributed by atoms with van der Waals surface area (Å²) < 4.78 is 7.03. The lowest BCUT2D eigenvalue weighted by Gasteiger charge is -2.14. The van der Waals surface area contributed by atoms with E-state index < -0.39 is 0 Å². The maximum atomic E-state index is 12.3. The molecule has 1 aliphatic rings. The topological polar surface area (TPSA) is 73.0 Å². The van der Waals surface area contributed by atoms with Gasteiger partial charge in [0.15, 0.2) is 5.69 Å². The van der Waals surface area contributed by atoms with Crippen LogP contribution in [0.4, 0.5) is 0 Å². The van der Waals surface area contributed by atoms with Crippen LogP contribution in [0.15, 0.2) is 53.3 Å². The fourth-order valence-electron chi connectivity index (χ4n) is 2.65. The molecule has 6 nitrogen and oxygen atoms in total. The van der Waals surface area contributed by atoms with E-state index in [9.17, 15) is 4.79 Å². The summed E-state index contributed by atoms with van der Waals surface area (Å²) in [5, 5.41) is 11.0. The number of benzene rings is 1. The van der Waals surface area contributed by atoms with Crippen LogP contribution in [0.2, 0.25) is 0 Å². The molecule has 1 fully saturated rings. The minimum atomic E-state index is -0.214. The van der Waals surface area contributed by atoms with Crippen molar-refractivity contribution in [2.45, 2.75) is 31.7 Å². The standard InChI is InChI=1S/C18H18N4O2/c1-12(13-5-7-15(8-6-13)22-10-2-9-19-22)20-18(23)16-11-17(24-21-16)14-3-4-14/h2,5-12,14H,3-4H2,1H3,(H,20,23)/t12-/m1/s1. The number of nitrogens with one attached hydrogen (secondary N) is 1. The van der Waals surface area contributed by atoms with Crippen LogP contribution in [0.3, 0.4) is 0 Å². The molecular formula is C18H18N4O2. The summed E-state index contributed by atoms with van der Waals surface area (Å²) in [7, 11) is 0. The number of hydrogen-bond acceptors (Lipinski definition) is 4. The van der Waals surface area contributed by atoms with Crippen LogP contribution in [-0.4, -0.2) is 20.8 Å². The molecule has 1 N–H and O–H groups in total. The van der Waals surface area contributed by atoms with Crippen molar-refractivity contribution >= 4 is 5.91 Å². The number of nitrogens with zero attached hydrogens (tertiary/aromatic N) is 3. The smallest absolute Gasteiger partial charge is 0.273 e. The molecule has 3 aromatic rings. The zero-order valence-corrected chi connectivity index (χ0v) is 13.3. The lowest BCUT2D eigenvalue weighted by atomic mass is 10.1. The van der Waals surface area contributed by atoms with Gasteiger partial charge in [-0.1, -0.05) is 17.3 Å². The molecule has 0 spiro atoms. The first-order chi connectivity index (χ1) is 11.7. The molecule has 2 heterocycles. The molecule has 2 aromatic heterocycles. The number of carbonyl (C=O) groups is 1. The number of carbonyl (C=O) groups excluding carboxylic acids is 1. The molecule has 1 aliphatic carbocycles. The van der Waals surface area contributed by atoms with E-state index in [0.717, 1.165) is 29.9 Å². The maximum absolute atomic E-state index is 12.3. The van der Waals surface area contributed by atoms with Crippen LogP contribution < -0.4 is 5.32 Å². The Kier molecular flexibility index (Phi) is 3.65. The molecule has 1 atom stereocenters. The molecule has 1 saturated carbocycles. The lowest BCUT2D eigenvalue weighted by molar-refractivity contribution is 0.0930. The fourth-order valence-corrected chi connectivity index (χ4v) is 2.65. The Morgan fingerprint density at radius 2 is 2.12 bits per heavy atom. The minimum absolute atomic E-state index is 0.120. The summed E-state index contributed by atoms with van der Waals surface area (Å²) in [6.45, 7) is 1.95. The highest BCUT2D eigenvalue weighted by Crippen LogP contribution is 2.40. The van der Waals surface area contributed by atoms with Crippen molar-refractivity contribution in [3.63, 3.8) is 0 Å². The van der Waals surface area contributed by atoms with Crippen LogP contribution >= 0.6 is 0 Å². The van der Waals surface area contributed by atoms with Crippen molar-refractivity contribution in [3.8, 4) is 5.69 Å². The van der Waals surface area contributed by atoms with Crippen molar-refractivity contribution in [3.05, 3.63) is 65.8 Å². The highest BCUT2D eigenvalue weighted by molar-refractivity contribution is 5.92. The first kappa shape index (κ1) is 14.7. The van der Waals surface area contributed by atoms with Gasteiger partial charge in [0.05, 0.1) is 11.7 Å². The van der Waals surface area contributed by atoms with E-state index in [4.69, 9.17) is 4.52 Å². The second kappa shape index (κ2) is 5.96.